The van der Waals surface area contributed by atoms with Crippen LogP contribution in [0.5, 0.6) is 0 Å². The summed E-state index contributed by atoms with van der Waals surface area (Å²) in [7, 11) is 0. The summed E-state index contributed by atoms with van der Waals surface area (Å²) in [6.45, 7) is 6.03. The molecule has 2 N–H and O–H groups in total. The van der Waals surface area contributed by atoms with Gasteiger partial charge in [0.15, 0.2) is 5.11 Å². The van der Waals surface area contributed by atoms with Crippen LogP contribution >= 0.6 is 12.2 Å². The zero-order valence-electron chi connectivity index (χ0n) is 10.0. The van der Waals surface area contributed by atoms with E-state index in [1.54, 1.807) is 0 Å². The quantitative estimate of drug-likeness (QED) is 0.529. The summed E-state index contributed by atoms with van der Waals surface area (Å²) < 4.78 is 0. The summed E-state index contributed by atoms with van der Waals surface area (Å²) in [4.78, 5) is 4.23. The van der Waals surface area contributed by atoms with Crippen LogP contribution in [0.1, 0.15) is 51.9 Å². The van der Waals surface area contributed by atoms with Crippen LogP contribution in [0.25, 0.3) is 0 Å². The standard InChI is InChI=1S/C12H21N3S/c1-3-4-5-6-7-8-9-11-13-10(2)14-12(16)15-11/h2-9H2,1H3,(H2,13,14,15,16). The summed E-state index contributed by atoms with van der Waals surface area (Å²) in [5.74, 6) is 1.69. The smallest absolute Gasteiger partial charge is 0.200 e. The number of nitrogens with zero attached hydrogens (tertiary/aromatic N) is 1. The average molecular weight is 239 g/mol. The van der Waals surface area contributed by atoms with Gasteiger partial charge in [-0.2, -0.15) is 0 Å². The normalized spacial score (nSPS) is 15.4. The number of unbranched alkanes of at least 4 members (excludes halogenated alkanes) is 5. The molecule has 0 bridgehead atoms. The molecule has 1 aliphatic heterocycles. The first-order valence-electron chi connectivity index (χ1n) is 6.07. The minimum atomic E-state index is 0.518. The van der Waals surface area contributed by atoms with E-state index in [2.05, 4.69) is 29.1 Å². The van der Waals surface area contributed by atoms with E-state index in [-0.39, 0.29) is 0 Å². The minimum absolute atomic E-state index is 0.518. The highest BCUT2D eigenvalue weighted by Crippen LogP contribution is 2.08. The van der Waals surface area contributed by atoms with Crippen molar-refractivity contribution in [1.82, 2.24) is 10.6 Å². The van der Waals surface area contributed by atoms with Gasteiger partial charge >= 0.3 is 0 Å². The van der Waals surface area contributed by atoms with E-state index < -0.39 is 0 Å². The second-order valence-corrected chi connectivity index (χ2v) is 4.50. The van der Waals surface area contributed by atoms with Crippen LogP contribution in [0.4, 0.5) is 0 Å². The molecule has 3 nitrogen and oxygen atoms in total. The topological polar surface area (TPSA) is 36.4 Å². The summed E-state index contributed by atoms with van der Waals surface area (Å²) in [5, 5.41) is 6.49. The predicted octanol–water partition coefficient (Wildman–Crippen LogP) is 3.08. The van der Waals surface area contributed by atoms with Crippen molar-refractivity contribution in [3.05, 3.63) is 12.4 Å². The predicted molar refractivity (Wildman–Crippen MR) is 73.4 cm³/mol. The van der Waals surface area contributed by atoms with Crippen LogP contribution in [-0.4, -0.2) is 10.9 Å². The van der Waals surface area contributed by atoms with Gasteiger partial charge in [-0.1, -0.05) is 45.6 Å². The fourth-order valence-electron chi connectivity index (χ4n) is 1.70. The van der Waals surface area contributed by atoms with Crippen molar-refractivity contribution < 1.29 is 0 Å². The van der Waals surface area contributed by atoms with E-state index in [0.29, 0.717) is 5.11 Å². The van der Waals surface area contributed by atoms with E-state index in [0.717, 1.165) is 18.1 Å². The number of aliphatic imine (C=N–C) groups is 1. The summed E-state index contributed by atoms with van der Waals surface area (Å²) in [5.41, 5.74) is 0. The van der Waals surface area contributed by atoms with Gasteiger partial charge in [-0.3, -0.25) is 0 Å². The van der Waals surface area contributed by atoms with Gasteiger partial charge in [-0.25, -0.2) is 4.99 Å². The Morgan fingerprint density at radius 1 is 1.12 bits per heavy atom. The van der Waals surface area contributed by atoms with Crippen LogP contribution < -0.4 is 10.6 Å². The van der Waals surface area contributed by atoms with E-state index in [4.69, 9.17) is 12.2 Å². The molecular weight excluding hydrogens is 218 g/mol. The van der Waals surface area contributed by atoms with Crippen LogP contribution in [0.15, 0.2) is 17.4 Å². The van der Waals surface area contributed by atoms with Crippen LogP contribution in [0, 0.1) is 0 Å². The van der Waals surface area contributed by atoms with Crippen molar-refractivity contribution in [3.8, 4) is 0 Å². The first-order chi connectivity index (χ1) is 7.72. The molecule has 4 heteroatoms. The highest BCUT2D eigenvalue weighted by atomic mass is 32.1. The van der Waals surface area contributed by atoms with Gasteiger partial charge in [0.1, 0.15) is 11.7 Å². The largest absolute Gasteiger partial charge is 0.330 e. The van der Waals surface area contributed by atoms with Crippen molar-refractivity contribution in [2.75, 3.05) is 0 Å². The van der Waals surface area contributed by atoms with E-state index in [1.807, 2.05) is 0 Å². The third-order valence-corrected chi connectivity index (χ3v) is 2.75. The number of nitrogens with one attached hydrogen (secondary N) is 2. The molecule has 0 aromatic rings. The van der Waals surface area contributed by atoms with Gasteiger partial charge in [-0.05, 0) is 18.6 Å². The molecule has 0 unspecified atom stereocenters. The Labute approximate surface area is 103 Å². The Hall–Kier alpha value is -0.900. The second kappa shape index (κ2) is 7.39. The molecule has 0 amide bonds. The zero-order chi connectivity index (χ0) is 11.8. The summed E-state index contributed by atoms with van der Waals surface area (Å²) in [6.07, 6.45) is 8.73. The Morgan fingerprint density at radius 2 is 1.81 bits per heavy atom. The van der Waals surface area contributed by atoms with Crippen LogP contribution in [-0.2, 0) is 0 Å². The highest BCUT2D eigenvalue weighted by molar-refractivity contribution is 7.80. The Balaban J connectivity index is 2.13. The Morgan fingerprint density at radius 3 is 2.50 bits per heavy atom. The van der Waals surface area contributed by atoms with Crippen molar-refractivity contribution in [2.24, 2.45) is 4.99 Å². The fraction of sp³-hybridized carbons (Fsp3) is 0.667. The minimum Gasteiger partial charge on any atom is -0.330 e. The van der Waals surface area contributed by atoms with E-state index in [1.165, 1.54) is 38.5 Å². The zero-order valence-corrected chi connectivity index (χ0v) is 10.8. The van der Waals surface area contributed by atoms with Gasteiger partial charge in [0.2, 0.25) is 0 Å². The van der Waals surface area contributed by atoms with E-state index >= 15 is 0 Å². The Bertz CT molecular complexity index is 284. The molecule has 90 valence electrons. The monoisotopic (exact) mass is 239 g/mol. The van der Waals surface area contributed by atoms with Gasteiger partial charge in [-0.15, -0.1) is 0 Å². The summed E-state index contributed by atoms with van der Waals surface area (Å²) in [6, 6.07) is 0. The molecule has 0 aliphatic carbocycles. The maximum absolute atomic E-state index is 5.00. The maximum Gasteiger partial charge on any atom is 0.200 e. The molecular formula is C12H21N3S. The van der Waals surface area contributed by atoms with Crippen molar-refractivity contribution in [1.29, 1.82) is 0 Å². The molecule has 0 aromatic heterocycles. The Kier molecular flexibility index (Phi) is 6.08. The molecule has 0 spiro atoms. The first-order valence-corrected chi connectivity index (χ1v) is 6.47. The first kappa shape index (κ1) is 13.2. The lowest BCUT2D eigenvalue weighted by Crippen LogP contribution is -2.39. The lowest BCUT2D eigenvalue weighted by atomic mass is 10.1. The number of rotatable bonds is 7. The third-order valence-electron chi connectivity index (χ3n) is 2.56. The molecule has 1 aliphatic rings. The van der Waals surface area contributed by atoms with Crippen LogP contribution in [0.2, 0.25) is 0 Å². The highest BCUT2D eigenvalue weighted by Gasteiger charge is 2.09. The van der Waals surface area contributed by atoms with Crippen molar-refractivity contribution in [2.45, 2.75) is 51.9 Å². The van der Waals surface area contributed by atoms with E-state index in [9.17, 15) is 0 Å². The lowest BCUT2D eigenvalue weighted by Gasteiger charge is -2.18. The molecule has 0 fully saturated rings. The molecule has 0 saturated carbocycles. The molecule has 16 heavy (non-hydrogen) atoms. The number of amidine groups is 1. The van der Waals surface area contributed by atoms with Gasteiger partial charge < -0.3 is 10.6 Å². The number of hydrogen-bond acceptors (Lipinski definition) is 2. The van der Waals surface area contributed by atoms with Gasteiger partial charge in [0, 0.05) is 6.42 Å². The lowest BCUT2D eigenvalue weighted by molar-refractivity contribution is 0.613. The molecule has 0 aromatic carbocycles. The van der Waals surface area contributed by atoms with Crippen molar-refractivity contribution in [3.63, 3.8) is 0 Å². The number of thiocarbonyl (C=S) groups is 1. The van der Waals surface area contributed by atoms with Gasteiger partial charge in [0.25, 0.3) is 0 Å². The maximum atomic E-state index is 5.00. The summed E-state index contributed by atoms with van der Waals surface area (Å²) >= 11 is 5.00. The molecule has 0 atom stereocenters. The molecule has 0 saturated heterocycles. The SMILES string of the molecule is C=C1NC(=S)N=C(CCCCCCCC)N1. The second-order valence-electron chi connectivity index (χ2n) is 4.11. The molecule has 0 radical (unpaired) electrons. The van der Waals surface area contributed by atoms with Crippen molar-refractivity contribution >= 4 is 23.2 Å². The average Bonchev–Trinajstić information content (AvgIpc) is 2.22. The molecule has 1 rings (SSSR count). The number of hydrogen-bond donors (Lipinski definition) is 2. The third kappa shape index (κ3) is 5.26. The van der Waals surface area contributed by atoms with Crippen LogP contribution in [0.3, 0.4) is 0 Å². The van der Waals surface area contributed by atoms with Gasteiger partial charge in [0.05, 0.1) is 0 Å². The molecule has 1 heterocycles. The fourth-order valence-corrected chi connectivity index (χ4v) is 1.94.